The molecular formula is C35H21N3O. The van der Waals surface area contributed by atoms with Crippen molar-refractivity contribution in [3.05, 3.63) is 150 Å². The van der Waals surface area contributed by atoms with E-state index in [9.17, 15) is 0 Å². The largest absolute Gasteiger partial charge is 0.457 e. The van der Waals surface area contributed by atoms with Gasteiger partial charge in [-0.05, 0) is 59.7 Å². The molecule has 2 aliphatic rings. The molecule has 0 unspecified atom stereocenters. The van der Waals surface area contributed by atoms with Crippen LogP contribution in [0.25, 0.3) is 38.9 Å². The van der Waals surface area contributed by atoms with E-state index in [1.807, 2.05) is 30.6 Å². The van der Waals surface area contributed by atoms with Gasteiger partial charge in [-0.3, -0.25) is 9.97 Å². The van der Waals surface area contributed by atoms with E-state index >= 15 is 0 Å². The Morgan fingerprint density at radius 2 is 1.08 bits per heavy atom. The second kappa shape index (κ2) is 7.42. The topological polar surface area (TPSA) is 39.9 Å². The van der Waals surface area contributed by atoms with Gasteiger partial charge in [0.1, 0.15) is 11.5 Å². The minimum atomic E-state index is -0.591. The zero-order chi connectivity index (χ0) is 25.6. The maximum atomic E-state index is 6.59. The van der Waals surface area contributed by atoms with Gasteiger partial charge in [0.2, 0.25) is 0 Å². The first kappa shape index (κ1) is 20.8. The van der Waals surface area contributed by atoms with Gasteiger partial charge in [-0.2, -0.15) is 0 Å². The number of rotatable bonds is 1. The SMILES string of the molecule is c1ccc2c(c1)Oc1ccc(-n3c4ccccc4c4ccccc43)cc1C21c2cccnc2-c2ncccc21. The van der Waals surface area contributed by atoms with Crippen LogP contribution in [-0.4, -0.2) is 14.5 Å². The van der Waals surface area contributed by atoms with E-state index in [-0.39, 0.29) is 0 Å². The smallest absolute Gasteiger partial charge is 0.132 e. The highest BCUT2D eigenvalue weighted by Gasteiger charge is 2.52. The summed E-state index contributed by atoms with van der Waals surface area (Å²) >= 11 is 0. The number of para-hydroxylation sites is 3. The number of aromatic nitrogens is 3. The summed E-state index contributed by atoms with van der Waals surface area (Å²) in [6, 6.07) is 40.7. The molecule has 0 radical (unpaired) electrons. The maximum Gasteiger partial charge on any atom is 0.132 e. The number of hydrogen-bond acceptors (Lipinski definition) is 3. The predicted octanol–water partition coefficient (Wildman–Crippen LogP) is 8.04. The van der Waals surface area contributed by atoms with Crippen molar-refractivity contribution in [2.24, 2.45) is 0 Å². The first-order chi connectivity index (χ1) is 19.4. The normalized spacial score (nSPS) is 14.1. The van der Waals surface area contributed by atoms with Crippen LogP contribution in [-0.2, 0) is 5.41 Å². The quantitative estimate of drug-likeness (QED) is 0.229. The predicted molar refractivity (Wildman–Crippen MR) is 154 cm³/mol. The van der Waals surface area contributed by atoms with Crippen LogP contribution in [0.1, 0.15) is 22.3 Å². The van der Waals surface area contributed by atoms with Gasteiger partial charge in [0.15, 0.2) is 0 Å². The number of fused-ring (bicyclic) bond motifs is 12. The van der Waals surface area contributed by atoms with E-state index in [0.717, 1.165) is 50.8 Å². The van der Waals surface area contributed by atoms with Gasteiger partial charge in [0, 0.05) is 40.0 Å². The first-order valence-electron chi connectivity index (χ1n) is 13.2. The van der Waals surface area contributed by atoms with Crippen molar-refractivity contribution in [3.63, 3.8) is 0 Å². The average Bonchev–Trinajstić information content (AvgIpc) is 3.49. The van der Waals surface area contributed by atoms with Crippen molar-refractivity contribution in [2.75, 3.05) is 0 Å². The molecule has 0 bridgehead atoms. The summed E-state index contributed by atoms with van der Waals surface area (Å²) in [5, 5.41) is 2.49. The van der Waals surface area contributed by atoms with Gasteiger partial charge in [-0.15, -0.1) is 0 Å². The summed E-state index contributed by atoms with van der Waals surface area (Å²) in [6.07, 6.45) is 3.72. The molecule has 1 aliphatic carbocycles. The standard InChI is InChI=1S/C35H21N3O/c1-4-14-29-23(9-1)24-10-2-5-15-30(24)38(29)22-17-18-32-28(21-22)35(25-11-3-6-16-31(25)39-32)26-12-7-19-36-33(26)34-27(35)13-8-20-37-34/h1-21H. The van der Waals surface area contributed by atoms with E-state index in [1.165, 1.54) is 21.8 Å². The fraction of sp³-hybridized carbons (Fsp3) is 0.0286. The molecule has 4 heteroatoms. The Hall–Kier alpha value is -5.22. The molecule has 4 heterocycles. The number of hydrogen-bond donors (Lipinski definition) is 0. The molecule has 0 fully saturated rings. The molecule has 3 aromatic heterocycles. The van der Waals surface area contributed by atoms with E-state index in [1.54, 1.807) is 0 Å². The lowest BCUT2D eigenvalue weighted by Crippen LogP contribution is -2.32. The van der Waals surface area contributed by atoms with Crippen LogP contribution in [0.4, 0.5) is 0 Å². The number of benzene rings is 4. The lowest BCUT2D eigenvalue weighted by atomic mass is 9.66. The highest BCUT2D eigenvalue weighted by Crippen LogP contribution is 2.61. The molecular weight excluding hydrogens is 478 g/mol. The van der Waals surface area contributed by atoms with Crippen molar-refractivity contribution in [3.8, 4) is 28.6 Å². The van der Waals surface area contributed by atoms with Crippen LogP contribution < -0.4 is 4.74 Å². The lowest BCUT2D eigenvalue weighted by molar-refractivity contribution is 0.436. The van der Waals surface area contributed by atoms with Gasteiger partial charge in [-0.1, -0.05) is 66.7 Å². The highest BCUT2D eigenvalue weighted by molar-refractivity contribution is 6.09. The zero-order valence-electron chi connectivity index (χ0n) is 20.9. The molecule has 39 heavy (non-hydrogen) atoms. The van der Waals surface area contributed by atoms with Crippen LogP contribution in [0.5, 0.6) is 11.5 Å². The Morgan fingerprint density at radius 1 is 0.513 bits per heavy atom. The molecule has 182 valence electrons. The minimum Gasteiger partial charge on any atom is -0.457 e. The van der Waals surface area contributed by atoms with Crippen molar-refractivity contribution >= 4 is 21.8 Å². The molecule has 0 saturated carbocycles. The maximum absolute atomic E-state index is 6.59. The molecule has 4 nitrogen and oxygen atoms in total. The third kappa shape index (κ3) is 2.53. The third-order valence-corrected chi connectivity index (χ3v) is 8.36. The van der Waals surface area contributed by atoms with Crippen LogP contribution in [0.15, 0.2) is 128 Å². The van der Waals surface area contributed by atoms with Gasteiger partial charge >= 0.3 is 0 Å². The summed E-state index contributed by atoms with van der Waals surface area (Å²) in [7, 11) is 0. The van der Waals surface area contributed by atoms with Crippen molar-refractivity contribution < 1.29 is 4.74 Å². The molecule has 9 rings (SSSR count). The van der Waals surface area contributed by atoms with E-state index in [4.69, 9.17) is 14.7 Å². The van der Waals surface area contributed by atoms with Gasteiger partial charge in [0.05, 0.1) is 27.8 Å². The lowest BCUT2D eigenvalue weighted by Gasteiger charge is -2.39. The molecule has 7 aromatic rings. The molecule has 0 saturated heterocycles. The molecule has 0 atom stereocenters. The number of ether oxygens (including phenoxy) is 1. The van der Waals surface area contributed by atoms with Crippen molar-refractivity contribution in [1.29, 1.82) is 0 Å². The first-order valence-corrected chi connectivity index (χ1v) is 13.2. The molecule has 0 N–H and O–H groups in total. The monoisotopic (exact) mass is 499 g/mol. The van der Waals surface area contributed by atoms with E-state index < -0.39 is 5.41 Å². The number of nitrogens with zero attached hydrogens (tertiary/aromatic N) is 3. The van der Waals surface area contributed by atoms with Crippen LogP contribution >= 0.6 is 0 Å². The Morgan fingerprint density at radius 3 is 1.77 bits per heavy atom. The highest BCUT2D eigenvalue weighted by atomic mass is 16.5. The Balaban J connectivity index is 1.43. The van der Waals surface area contributed by atoms with Crippen LogP contribution in [0, 0.1) is 0 Å². The Labute approximate surface area is 224 Å². The Bertz CT molecular complexity index is 2020. The molecule has 4 aromatic carbocycles. The van der Waals surface area contributed by atoms with Gasteiger partial charge < -0.3 is 9.30 Å². The van der Waals surface area contributed by atoms with Crippen LogP contribution in [0.2, 0.25) is 0 Å². The summed E-state index contributed by atoms with van der Waals surface area (Å²) in [4.78, 5) is 9.68. The van der Waals surface area contributed by atoms with Gasteiger partial charge in [-0.25, -0.2) is 0 Å². The summed E-state index contributed by atoms with van der Waals surface area (Å²) in [6.45, 7) is 0. The van der Waals surface area contributed by atoms with E-state index in [0.29, 0.717) is 0 Å². The summed E-state index contributed by atoms with van der Waals surface area (Å²) in [5.41, 5.74) is 9.20. The zero-order valence-corrected chi connectivity index (χ0v) is 20.9. The Kier molecular flexibility index (Phi) is 3.96. The van der Waals surface area contributed by atoms with E-state index in [2.05, 4.69) is 102 Å². The third-order valence-electron chi connectivity index (χ3n) is 8.36. The fourth-order valence-corrected chi connectivity index (χ4v) is 6.89. The van der Waals surface area contributed by atoms with Crippen molar-refractivity contribution in [1.82, 2.24) is 14.5 Å². The molecule has 0 amide bonds. The fourth-order valence-electron chi connectivity index (χ4n) is 6.89. The summed E-state index contributed by atoms with van der Waals surface area (Å²) < 4.78 is 8.95. The minimum absolute atomic E-state index is 0.591. The summed E-state index contributed by atoms with van der Waals surface area (Å²) in [5.74, 6) is 1.71. The average molecular weight is 500 g/mol. The number of pyridine rings is 2. The second-order valence-corrected chi connectivity index (χ2v) is 10.2. The van der Waals surface area contributed by atoms with Crippen LogP contribution in [0.3, 0.4) is 0 Å². The van der Waals surface area contributed by atoms with Gasteiger partial charge in [0.25, 0.3) is 0 Å². The molecule has 1 spiro atoms. The molecule has 1 aliphatic heterocycles. The van der Waals surface area contributed by atoms with Crippen molar-refractivity contribution in [2.45, 2.75) is 5.41 Å². The second-order valence-electron chi connectivity index (χ2n) is 10.2.